The molecule has 0 aromatic rings. The second kappa shape index (κ2) is 13.7. The Bertz CT molecular complexity index is 419. The molecule has 0 aliphatic carbocycles. The maximum Gasteiger partial charge on any atom is 0.475 e. The smallest absolute Gasteiger partial charge is 0.353 e. The van der Waals surface area contributed by atoms with E-state index in [0.29, 0.717) is 13.0 Å². The van der Waals surface area contributed by atoms with Gasteiger partial charge < -0.3 is 9.47 Å². The maximum atomic E-state index is 12.4. The first kappa shape index (κ1) is 22.6. The molecule has 0 aromatic heterocycles. The SMILES string of the molecule is C=C=CC(CCCCCOC1CCCCO1)OP(=O)(OCC)OCC. The van der Waals surface area contributed by atoms with E-state index >= 15 is 0 Å². The molecule has 6 nitrogen and oxygen atoms in total. The zero-order valence-corrected chi connectivity index (χ0v) is 16.5. The van der Waals surface area contributed by atoms with Crippen LogP contribution in [0.3, 0.4) is 0 Å². The van der Waals surface area contributed by atoms with Gasteiger partial charge in [0.25, 0.3) is 0 Å². The van der Waals surface area contributed by atoms with Crippen LogP contribution in [0.4, 0.5) is 0 Å². The van der Waals surface area contributed by atoms with Gasteiger partial charge in [0.2, 0.25) is 0 Å². The largest absolute Gasteiger partial charge is 0.475 e. The predicted octanol–water partition coefficient (Wildman–Crippen LogP) is 5.00. The van der Waals surface area contributed by atoms with E-state index in [4.69, 9.17) is 23.0 Å². The Kier molecular flexibility index (Phi) is 12.4. The van der Waals surface area contributed by atoms with E-state index in [1.165, 1.54) is 6.42 Å². The van der Waals surface area contributed by atoms with Gasteiger partial charge in [-0.05, 0) is 52.0 Å². The predicted molar refractivity (Wildman–Crippen MR) is 97.5 cm³/mol. The Balaban J connectivity index is 2.25. The van der Waals surface area contributed by atoms with Gasteiger partial charge in [0.05, 0.1) is 19.3 Å². The molecule has 1 rings (SSSR count). The van der Waals surface area contributed by atoms with Crippen molar-refractivity contribution in [2.24, 2.45) is 0 Å². The van der Waals surface area contributed by atoms with Crippen LogP contribution in [0.15, 0.2) is 18.4 Å². The average Bonchev–Trinajstić information content (AvgIpc) is 2.59. The van der Waals surface area contributed by atoms with Crippen LogP contribution in [0.1, 0.15) is 58.8 Å². The van der Waals surface area contributed by atoms with E-state index in [-0.39, 0.29) is 25.6 Å². The van der Waals surface area contributed by atoms with E-state index < -0.39 is 7.82 Å². The van der Waals surface area contributed by atoms with Gasteiger partial charge in [0, 0.05) is 13.2 Å². The number of phosphoric acid groups is 1. The summed E-state index contributed by atoms with van der Waals surface area (Å²) in [5, 5.41) is 0. The number of phosphoric ester groups is 1. The first-order valence-corrected chi connectivity index (χ1v) is 10.8. The van der Waals surface area contributed by atoms with Gasteiger partial charge in [0.15, 0.2) is 6.29 Å². The third-order valence-corrected chi connectivity index (χ3v) is 5.40. The van der Waals surface area contributed by atoms with Crippen molar-refractivity contribution in [3.63, 3.8) is 0 Å². The highest BCUT2D eigenvalue weighted by Crippen LogP contribution is 2.50. The monoisotopic (exact) mass is 376 g/mol. The van der Waals surface area contributed by atoms with E-state index in [2.05, 4.69) is 12.3 Å². The molecule has 1 heterocycles. The summed E-state index contributed by atoms with van der Waals surface area (Å²) in [6, 6.07) is 0. The second-order valence-electron chi connectivity index (χ2n) is 5.81. The van der Waals surface area contributed by atoms with Crippen LogP contribution >= 0.6 is 7.82 Å². The second-order valence-corrected chi connectivity index (χ2v) is 7.44. The molecule has 1 fully saturated rings. The van der Waals surface area contributed by atoms with Crippen molar-refractivity contribution in [1.82, 2.24) is 0 Å². The van der Waals surface area contributed by atoms with Crippen LogP contribution in [-0.2, 0) is 27.6 Å². The summed E-state index contributed by atoms with van der Waals surface area (Å²) in [5.41, 5.74) is 2.70. The maximum absolute atomic E-state index is 12.4. The molecule has 1 aliphatic rings. The van der Waals surface area contributed by atoms with Crippen molar-refractivity contribution in [2.45, 2.75) is 71.2 Å². The Morgan fingerprint density at radius 1 is 1.24 bits per heavy atom. The lowest BCUT2D eigenvalue weighted by atomic mass is 10.1. The van der Waals surface area contributed by atoms with Crippen LogP contribution in [-0.4, -0.2) is 38.8 Å². The number of hydrogen-bond donors (Lipinski definition) is 0. The van der Waals surface area contributed by atoms with Gasteiger partial charge >= 0.3 is 7.82 Å². The van der Waals surface area contributed by atoms with Crippen molar-refractivity contribution in [3.05, 3.63) is 18.4 Å². The fraction of sp³-hybridized carbons (Fsp3) is 0.833. The van der Waals surface area contributed by atoms with Crippen LogP contribution in [0.25, 0.3) is 0 Å². The highest BCUT2D eigenvalue weighted by molar-refractivity contribution is 7.48. The third-order valence-electron chi connectivity index (χ3n) is 3.72. The molecule has 2 atom stereocenters. The summed E-state index contributed by atoms with van der Waals surface area (Å²) in [5.74, 6) is 0. The van der Waals surface area contributed by atoms with E-state index in [9.17, 15) is 4.57 Å². The van der Waals surface area contributed by atoms with Gasteiger partial charge in [-0.2, -0.15) is 0 Å². The zero-order valence-electron chi connectivity index (χ0n) is 15.6. The van der Waals surface area contributed by atoms with Crippen molar-refractivity contribution in [3.8, 4) is 0 Å². The molecule has 0 bridgehead atoms. The summed E-state index contributed by atoms with van der Waals surface area (Å²) < 4.78 is 39.6. The van der Waals surface area contributed by atoms with Crippen molar-refractivity contribution in [2.75, 3.05) is 26.4 Å². The minimum absolute atomic E-state index is 0.0307. The number of rotatable bonds is 14. The molecule has 146 valence electrons. The van der Waals surface area contributed by atoms with Crippen LogP contribution < -0.4 is 0 Å². The van der Waals surface area contributed by atoms with Crippen LogP contribution in [0.2, 0.25) is 0 Å². The Morgan fingerprint density at radius 2 is 2.00 bits per heavy atom. The zero-order chi connectivity index (χ0) is 18.4. The Labute approximate surface area is 152 Å². The molecule has 2 unspecified atom stereocenters. The quantitative estimate of drug-likeness (QED) is 0.242. The number of hydrogen-bond acceptors (Lipinski definition) is 6. The molecule has 0 saturated carbocycles. The van der Waals surface area contributed by atoms with E-state index in [1.54, 1.807) is 19.9 Å². The lowest BCUT2D eigenvalue weighted by Gasteiger charge is -2.23. The molecular weight excluding hydrogens is 343 g/mol. The molecule has 0 radical (unpaired) electrons. The lowest BCUT2D eigenvalue weighted by molar-refractivity contribution is -0.162. The van der Waals surface area contributed by atoms with Crippen molar-refractivity contribution in [1.29, 1.82) is 0 Å². The minimum atomic E-state index is -3.53. The highest BCUT2D eigenvalue weighted by atomic mass is 31.2. The van der Waals surface area contributed by atoms with E-state index in [0.717, 1.165) is 38.7 Å². The summed E-state index contributed by atoms with van der Waals surface area (Å²) in [7, 11) is -3.53. The molecule has 0 aromatic carbocycles. The van der Waals surface area contributed by atoms with Gasteiger partial charge in [-0.3, -0.25) is 13.6 Å². The van der Waals surface area contributed by atoms with Gasteiger partial charge in [-0.1, -0.05) is 19.4 Å². The normalized spacial score (nSPS) is 19.4. The number of unbranched alkanes of at least 4 members (excludes halogenated alkanes) is 2. The molecule has 1 saturated heterocycles. The molecule has 1 aliphatic heterocycles. The van der Waals surface area contributed by atoms with Crippen LogP contribution in [0.5, 0.6) is 0 Å². The molecule has 0 spiro atoms. The molecule has 7 heteroatoms. The van der Waals surface area contributed by atoms with Crippen LogP contribution in [0, 0.1) is 0 Å². The summed E-state index contributed by atoms with van der Waals surface area (Å²) >= 11 is 0. The van der Waals surface area contributed by atoms with Crippen molar-refractivity contribution >= 4 is 7.82 Å². The topological polar surface area (TPSA) is 63.2 Å². The summed E-state index contributed by atoms with van der Waals surface area (Å²) in [6.07, 6.45) is 8.11. The Morgan fingerprint density at radius 3 is 2.60 bits per heavy atom. The minimum Gasteiger partial charge on any atom is -0.353 e. The van der Waals surface area contributed by atoms with Gasteiger partial charge in [0.1, 0.15) is 0 Å². The molecule has 0 N–H and O–H groups in total. The van der Waals surface area contributed by atoms with Gasteiger partial charge in [-0.15, -0.1) is 5.73 Å². The van der Waals surface area contributed by atoms with Gasteiger partial charge in [-0.25, -0.2) is 4.57 Å². The standard InChI is InChI=1S/C18H33O6P/c1-4-12-17(24-25(19,22-5-2)23-6-3)13-8-7-10-15-20-18-14-9-11-16-21-18/h12,17-18H,1,5-11,13-16H2,2-3H3. The average molecular weight is 376 g/mol. The Hall–Kier alpha value is -0.450. The van der Waals surface area contributed by atoms with Crippen molar-refractivity contribution < 1.29 is 27.6 Å². The highest BCUT2D eigenvalue weighted by Gasteiger charge is 2.28. The van der Waals surface area contributed by atoms with E-state index in [1.807, 2.05) is 0 Å². The summed E-state index contributed by atoms with van der Waals surface area (Å²) in [4.78, 5) is 0. The fourth-order valence-corrected chi connectivity index (χ4v) is 3.89. The first-order chi connectivity index (χ1) is 12.1. The lowest BCUT2D eigenvalue weighted by Crippen LogP contribution is -2.22. The fourth-order valence-electron chi connectivity index (χ4n) is 2.56. The summed E-state index contributed by atoms with van der Waals surface area (Å²) in [6.45, 7) is 9.11. The first-order valence-electron chi connectivity index (χ1n) is 9.30. The third kappa shape index (κ3) is 10.3. The molecule has 25 heavy (non-hydrogen) atoms. The molecular formula is C18H33O6P. The number of ether oxygens (including phenoxy) is 2. The molecule has 0 amide bonds.